The zero-order valence-electron chi connectivity index (χ0n) is 28.1. The molecule has 4 saturated carbocycles. The van der Waals surface area contributed by atoms with Crippen molar-refractivity contribution in [2.24, 2.45) is 50.2 Å². The molecular weight excluding hydrogens is 544 g/mol. The molecule has 0 aromatic carbocycles. The summed E-state index contributed by atoms with van der Waals surface area (Å²) in [6, 6.07) is 0. The lowest BCUT2D eigenvalue weighted by molar-refractivity contribution is -0.334. The van der Waals surface area contributed by atoms with Crippen LogP contribution >= 0.6 is 0 Å². The van der Waals surface area contributed by atoms with Crippen LogP contribution in [0, 0.1) is 50.2 Å². The summed E-state index contributed by atoms with van der Waals surface area (Å²) in [5.74, 6) is 0.619. The van der Waals surface area contributed by atoms with Gasteiger partial charge >= 0.3 is 11.9 Å². The van der Waals surface area contributed by atoms with Crippen LogP contribution in [-0.4, -0.2) is 54.9 Å². The van der Waals surface area contributed by atoms with Crippen LogP contribution < -0.4 is 0 Å². The highest BCUT2D eigenvalue weighted by atomic mass is 16.7. The predicted molar refractivity (Wildman–Crippen MR) is 163 cm³/mol. The van der Waals surface area contributed by atoms with E-state index in [1.54, 1.807) is 0 Å². The molecule has 5 fully saturated rings. The van der Waals surface area contributed by atoms with Gasteiger partial charge in [0.1, 0.15) is 12.7 Å². The number of hydrogen-bond acceptors (Lipinski definition) is 7. The molecule has 11 atom stereocenters. The van der Waals surface area contributed by atoms with Crippen LogP contribution in [0.4, 0.5) is 0 Å². The van der Waals surface area contributed by atoms with Gasteiger partial charge in [0, 0.05) is 19.3 Å². The predicted octanol–water partition coefficient (Wildman–Crippen LogP) is 6.61. The van der Waals surface area contributed by atoms with Crippen molar-refractivity contribution in [1.29, 1.82) is 0 Å². The highest BCUT2D eigenvalue weighted by Crippen LogP contribution is 2.76. The fourth-order valence-electron chi connectivity index (χ4n) is 12.2. The van der Waals surface area contributed by atoms with E-state index in [0.717, 1.165) is 44.9 Å². The molecule has 1 aliphatic heterocycles. The van der Waals surface area contributed by atoms with Crippen molar-refractivity contribution in [3.8, 4) is 0 Å². The van der Waals surface area contributed by atoms with Crippen LogP contribution in [0.3, 0.4) is 0 Å². The molecule has 0 aromatic heterocycles. The number of carbonyl (C=O) groups excluding carboxylic acids is 2. The fraction of sp³-hybridized carbons (Fsp3) is 0.889. The van der Waals surface area contributed by atoms with E-state index in [1.165, 1.54) is 19.4 Å². The van der Waals surface area contributed by atoms with Gasteiger partial charge in [-0.25, -0.2) is 0 Å². The summed E-state index contributed by atoms with van der Waals surface area (Å²) < 4.78 is 24.0. The van der Waals surface area contributed by atoms with Gasteiger partial charge in [0.25, 0.3) is 0 Å². The quantitative estimate of drug-likeness (QED) is 0.288. The monoisotopic (exact) mass is 600 g/mol. The van der Waals surface area contributed by atoms with Crippen molar-refractivity contribution in [2.75, 3.05) is 13.2 Å². The third-order valence-corrected chi connectivity index (χ3v) is 14.4. The first-order valence-electron chi connectivity index (χ1n) is 16.9. The molecule has 7 nitrogen and oxygen atoms in total. The van der Waals surface area contributed by atoms with Crippen molar-refractivity contribution < 1.29 is 33.6 Å². The Bertz CT molecular complexity index is 1190. The molecule has 43 heavy (non-hydrogen) atoms. The zero-order chi connectivity index (χ0) is 31.4. The van der Waals surface area contributed by atoms with E-state index in [4.69, 9.17) is 18.9 Å². The van der Waals surface area contributed by atoms with Gasteiger partial charge in [0.2, 0.25) is 0 Å². The van der Waals surface area contributed by atoms with Crippen molar-refractivity contribution in [3.63, 3.8) is 0 Å². The van der Waals surface area contributed by atoms with Gasteiger partial charge in [-0.3, -0.25) is 9.59 Å². The van der Waals surface area contributed by atoms with Gasteiger partial charge in [-0.15, -0.1) is 0 Å². The maximum Gasteiger partial charge on any atom is 0.302 e. The highest BCUT2D eigenvalue weighted by molar-refractivity contribution is 5.66. The number of hydrogen-bond donors (Lipinski definition) is 1. The van der Waals surface area contributed by atoms with E-state index in [2.05, 4.69) is 54.5 Å². The third-order valence-electron chi connectivity index (χ3n) is 14.4. The number of esters is 2. The Morgan fingerprint density at radius 2 is 1.67 bits per heavy atom. The van der Waals surface area contributed by atoms with Crippen molar-refractivity contribution in [3.05, 3.63) is 11.6 Å². The van der Waals surface area contributed by atoms with Crippen LogP contribution in [0.1, 0.15) is 114 Å². The normalized spacial score (nSPS) is 49.5. The number of rotatable bonds is 3. The standard InChI is InChI=1S/C36H56O7/c1-21(37)40-19-30-41-20-36-24(16-31(3,4)18-29(36)43-30)23-10-11-26-33(7)14-13-28(42-22(2)38)32(5,6)25(33)12-15-34(26,8)35(23,9)17-27(36)39/h10,24-30,39H,11-20H2,1-9H3/t24-,25-,26+,27+,28-,29-,30?,33-,34+,35+,36-/m0/s1. The minimum Gasteiger partial charge on any atom is -0.462 e. The number of allylic oxidation sites excluding steroid dienone is 2. The zero-order valence-corrected chi connectivity index (χ0v) is 28.1. The van der Waals surface area contributed by atoms with Crippen LogP contribution in [0.5, 0.6) is 0 Å². The number of aliphatic hydroxyl groups excluding tert-OH is 1. The minimum absolute atomic E-state index is 0.0357. The lowest BCUT2D eigenvalue weighted by Gasteiger charge is -2.73. The molecule has 1 heterocycles. The number of aliphatic hydroxyl groups is 1. The molecule has 1 saturated heterocycles. The Hall–Kier alpha value is -1.44. The average Bonchev–Trinajstić information content (AvgIpc) is 2.88. The van der Waals surface area contributed by atoms with E-state index < -0.39 is 17.8 Å². The van der Waals surface area contributed by atoms with Crippen molar-refractivity contribution >= 4 is 11.9 Å². The molecule has 1 spiro atoms. The van der Waals surface area contributed by atoms with E-state index >= 15 is 0 Å². The maximum absolute atomic E-state index is 12.4. The molecule has 1 N–H and O–H groups in total. The summed E-state index contributed by atoms with van der Waals surface area (Å²) in [4.78, 5) is 23.5. The summed E-state index contributed by atoms with van der Waals surface area (Å²) in [6.45, 7) is 20.3. The Labute approximate surface area is 258 Å². The smallest absolute Gasteiger partial charge is 0.302 e. The molecule has 7 heteroatoms. The Morgan fingerprint density at radius 1 is 0.953 bits per heavy atom. The van der Waals surface area contributed by atoms with Crippen LogP contribution in [0.25, 0.3) is 0 Å². The van der Waals surface area contributed by atoms with Gasteiger partial charge in [-0.1, -0.05) is 60.1 Å². The molecule has 1 unspecified atom stereocenters. The van der Waals surface area contributed by atoms with Gasteiger partial charge in [0.15, 0.2) is 6.29 Å². The molecule has 0 amide bonds. The molecule has 6 rings (SSSR count). The Morgan fingerprint density at radius 3 is 2.35 bits per heavy atom. The second-order valence-electron chi connectivity index (χ2n) is 17.4. The summed E-state index contributed by atoms with van der Waals surface area (Å²) in [5, 5.41) is 12.4. The Kier molecular flexibility index (Phi) is 7.36. The molecule has 5 aliphatic carbocycles. The first-order chi connectivity index (χ1) is 19.9. The Balaban J connectivity index is 1.36. The molecular formula is C36H56O7. The second-order valence-corrected chi connectivity index (χ2v) is 17.4. The van der Waals surface area contributed by atoms with Gasteiger partial charge in [0.05, 0.1) is 24.2 Å². The van der Waals surface area contributed by atoms with Gasteiger partial charge in [-0.05, 0) is 90.8 Å². The van der Waals surface area contributed by atoms with E-state index in [0.29, 0.717) is 24.9 Å². The van der Waals surface area contributed by atoms with E-state index in [1.807, 2.05) is 0 Å². The average molecular weight is 601 g/mol. The van der Waals surface area contributed by atoms with E-state index in [9.17, 15) is 14.7 Å². The third kappa shape index (κ3) is 4.44. The summed E-state index contributed by atoms with van der Waals surface area (Å²) in [7, 11) is 0. The summed E-state index contributed by atoms with van der Waals surface area (Å²) in [5.41, 5.74) is 1.02. The fourth-order valence-corrected chi connectivity index (χ4v) is 12.2. The van der Waals surface area contributed by atoms with Crippen LogP contribution in [0.15, 0.2) is 11.6 Å². The number of carbonyl (C=O) groups is 2. The van der Waals surface area contributed by atoms with E-state index in [-0.39, 0.29) is 63.7 Å². The molecule has 0 aromatic rings. The van der Waals surface area contributed by atoms with Crippen molar-refractivity contribution in [2.45, 2.75) is 138 Å². The SMILES string of the molecule is CC(=O)OCC1OC[C@@]23[C@H](O)C[C@]4(C)C(=CC[C@@H]5[C@@]6(C)CC[C@H](OC(C)=O)C(C)(C)[C@@H]6CC[C@]54C)[C@@H]2CC(C)(C)C[C@@H]3O1. The first kappa shape index (κ1) is 31.5. The van der Waals surface area contributed by atoms with Crippen LogP contribution in [0.2, 0.25) is 0 Å². The molecule has 0 bridgehead atoms. The van der Waals surface area contributed by atoms with Gasteiger partial charge < -0.3 is 24.1 Å². The largest absolute Gasteiger partial charge is 0.462 e. The van der Waals surface area contributed by atoms with Crippen molar-refractivity contribution in [1.82, 2.24) is 0 Å². The second kappa shape index (κ2) is 10.0. The topological polar surface area (TPSA) is 91.3 Å². The maximum atomic E-state index is 12.4. The van der Waals surface area contributed by atoms with Crippen LogP contribution in [-0.2, 0) is 28.5 Å². The molecule has 242 valence electrons. The number of fused-ring (bicyclic) bond motifs is 6. The first-order valence-corrected chi connectivity index (χ1v) is 16.9. The number of ether oxygens (including phenoxy) is 4. The summed E-state index contributed by atoms with van der Waals surface area (Å²) >= 11 is 0. The lowest BCUT2D eigenvalue weighted by atomic mass is 9.33. The molecule has 0 radical (unpaired) electrons. The van der Waals surface area contributed by atoms with Gasteiger partial charge in [-0.2, -0.15) is 0 Å². The minimum atomic E-state index is -0.600. The molecule has 6 aliphatic rings. The highest BCUT2D eigenvalue weighted by Gasteiger charge is 2.72. The lowest BCUT2D eigenvalue weighted by Crippen LogP contribution is -2.71. The summed E-state index contributed by atoms with van der Waals surface area (Å²) in [6.07, 6.45) is 9.05.